The highest BCUT2D eigenvalue weighted by Crippen LogP contribution is 2.49. The van der Waals surface area contributed by atoms with Gasteiger partial charge in [-0.25, -0.2) is 0 Å². The second-order valence-corrected chi connectivity index (χ2v) is 12.9. The average Bonchev–Trinajstić information content (AvgIpc) is 3.00. The normalized spacial score (nSPS) is 35.4. The summed E-state index contributed by atoms with van der Waals surface area (Å²) in [5.41, 5.74) is 0. The van der Waals surface area contributed by atoms with Crippen LogP contribution >= 0.6 is 23.2 Å². The van der Waals surface area contributed by atoms with Crippen molar-refractivity contribution in [3.63, 3.8) is 0 Å². The van der Waals surface area contributed by atoms with Crippen molar-refractivity contribution in [2.45, 2.75) is 106 Å². The molecule has 0 bridgehead atoms. The third-order valence-corrected chi connectivity index (χ3v) is 9.92. The summed E-state index contributed by atoms with van der Waals surface area (Å²) in [6.07, 6.45) is 7.96. The number of hydrogen-bond acceptors (Lipinski definition) is 2. The lowest BCUT2D eigenvalue weighted by Crippen LogP contribution is -2.54. The maximum absolute atomic E-state index is 7.10. The van der Waals surface area contributed by atoms with E-state index in [-0.39, 0.29) is 0 Å². The molecule has 0 spiro atoms. The monoisotopic (exact) mass is 470 g/mol. The van der Waals surface area contributed by atoms with Gasteiger partial charge in [-0.1, -0.05) is 91.4 Å². The van der Waals surface area contributed by atoms with E-state index in [1.807, 2.05) is 0 Å². The van der Waals surface area contributed by atoms with Crippen molar-refractivity contribution in [2.24, 2.45) is 47.3 Å². The third kappa shape index (κ3) is 5.06. The molecule has 0 N–H and O–H groups in total. The van der Waals surface area contributed by atoms with Crippen LogP contribution in [0.1, 0.15) is 93.9 Å². The predicted octanol–water partition coefficient (Wildman–Crippen LogP) is 8.36. The Labute approximate surface area is 203 Å². The van der Waals surface area contributed by atoms with Crippen molar-refractivity contribution in [3.8, 4) is 0 Å². The lowest BCUT2D eigenvalue weighted by atomic mass is 9.67. The molecule has 1 aliphatic heterocycles. The van der Waals surface area contributed by atoms with E-state index in [4.69, 9.17) is 23.2 Å². The summed E-state index contributed by atoms with van der Waals surface area (Å²) < 4.78 is 0. The van der Waals surface area contributed by atoms with Crippen molar-refractivity contribution >= 4 is 23.2 Å². The van der Waals surface area contributed by atoms with Crippen LogP contribution < -0.4 is 0 Å². The third-order valence-electron chi connectivity index (χ3n) is 9.03. The van der Waals surface area contributed by atoms with Gasteiger partial charge in [0, 0.05) is 12.1 Å². The summed E-state index contributed by atoms with van der Waals surface area (Å²) >= 11 is 14.2. The Morgan fingerprint density at radius 3 is 1.03 bits per heavy atom. The molecule has 0 aromatic heterocycles. The number of nitrogens with zero attached hydrogens (tertiary/aromatic N) is 2. The van der Waals surface area contributed by atoms with E-state index in [0.29, 0.717) is 59.4 Å². The molecule has 31 heavy (non-hydrogen) atoms. The minimum absolute atomic E-state index is 0.499. The van der Waals surface area contributed by atoms with Crippen LogP contribution in [-0.2, 0) is 0 Å². The standard InChI is InChI=1S/C27H48Cl2N2/c1-16(2)20-11-9-12-21(17(3)4)24(20)30-15-31(27(29)26(30)28)25-22(18(5)6)13-10-14-23(25)19(7)8/h16-25H,9-15H2,1-8H3. The van der Waals surface area contributed by atoms with Gasteiger partial charge in [0.25, 0.3) is 0 Å². The molecule has 2 fully saturated rings. The molecule has 0 aromatic rings. The van der Waals surface area contributed by atoms with Crippen molar-refractivity contribution in [1.82, 2.24) is 9.80 Å². The van der Waals surface area contributed by atoms with E-state index in [2.05, 4.69) is 65.2 Å². The topological polar surface area (TPSA) is 6.48 Å². The van der Waals surface area contributed by atoms with Gasteiger partial charge in [-0.2, -0.15) is 0 Å². The smallest absolute Gasteiger partial charge is 0.142 e. The number of halogens is 2. The highest BCUT2D eigenvalue weighted by molar-refractivity contribution is 6.39. The van der Waals surface area contributed by atoms with E-state index in [0.717, 1.165) is 17.0 Å². The molecule has 4 atom stereocenters. The van der Waals surface area contributed by atoms with Gasteiger partial charge in [0.2, 0.25) is 0 Å². The van der Waals surface area contributed by atoms with Crippen LogP contribution in [0.5, 0.6) is 0 Å². The van der Waals surface area contributed by atoms with Crippen LogP contribution in [-0.4, -0.2) is 28.6 Å². The minimum Gasteiger partial charge on any atom is -0.339 e. The summed E-state index contributed by atoms with van der Waals surface area (Å²) in [6, 6.07) is 0.997. The molecule has 0 radical (unpaired) electrons. The quantitative estimate of drug-likeness (QED) is 0.359. The lowest BCUT2D eigenvalue weighted by molar-refractivity contribution is -0.00710. The molecule has 4 unspecified atom stereocenters. The first-order chi connectivity index (χ1) is 14.6. The molecular weight excluding hydrogens is 423 g/mol. The zero-order valence-electron chi connectivity index (χ0n) is 21.4. The van der Waals surface area contributed by atoms with Gasteiger partial charge >= 0.3 is 0 Å². The van der Waals surface area contributed by atoms with Gasteiger partial charge in [0.05, 0.1) is 6.67 Å². The van der Waals surface area contributed by atoms with Crippen molar-refractivity contribution < 1.29 is 0 Å². The fraction of sp³-hybridized carbons (Fsp3) is 0.926. The molecule has 2 saturated carbocycles. The fourth-order valence-corrected chi connectivity index (χ4v) is 7.86. The van der Waals surface area contributed by atoms with E-state index in [9.17, 15) is 0 Å². The SMILES string of the molecule is CC(C)C1CCCC(C(C)C)C1N1CN(C2C(C(C)C)CCCC2C(C)C)C(Cl)=C1Cl. The molecular formula is C27H48Cl2N2. The second-order valence-electron chi connectivity index (χ2n) is 12.1. The molecule has 0 saturated heterocycles. The van der Waals surface area contributed by atoms with Crippen molar-refractivity contribution in [1.29, 1.82) is 0 Å². The van der Waals surface area contributed by atoms with Gasteiger partial charge in [0.1, 0.15) is 10.3 Å². The Morgan fingerprint density at radius 1 is 0.548 bits per heavy atom. The first kappa shape index (κ1) is 25.5. The first-order valence-corrected chi connectivity index (χ1v) is 13.9. The van der Waals surface area contributed by atoms with Crippen molar-refractivity contribution in [2.75, 3.05) is 6.67 Å². The molecule has 0 amide bonds. The van der Waals surface area contributed by atoms with Crippen LogP contribution in [0, 0.1) is 47.3 Å². The van der Waals surface area contributed by atoms with Crippen LogP contribution in [0.15, 0.2) is 10.3 Å². The number of hydrogen-bond donors (Lipinski definition) is 0. The Bertz CT molecular complexity index is 543. The summed E-state index contributed by atoms with van der Waals surface area (Å²) in [5, 5.41) is 1.64. The minimum atomic E-state index is 0.499. The summed E-state index contributed by atoms with van der Waals surface area (Å²) in [4.78, 5) is 5.06. The van der Waals surface area contributed by atoms with Gasteiger partial charge in [-0.05, 0) is 73.0 Å². The van der Waals surface area contributed by atoms with E-state index in [1.165, 1.54) is 38.5 Å². The first-order valence-electron chi connectivity index (χ1n) is 13.1. The zero-order chi connectivity index (χ0) is 23.0. The van der Waals surface area contributed by atoms with Crippen molar-refractivity contribution in [3.05, 3.63) is 10.3 Å². The lowest BCUT2D eigenvalue weighted by Gasteiger charge is -2.50. The van der Waals surface area contributed by atoms with Gasteiger partial charge in [0.15, 0.2) is 0 Å². The highest BCUT2D eigenvalue weighted by Gasteiger charge is 2.48. The largest absolute Gasteiger partial charge is 0.339 e. The average molecular weight is 472 g/mol. The molecule has 1 heterocycles. The van der Waals surface area contributed by atoms with E-state index >= 15 is 0 Å². The Kier molecular flexibility index (Phi) is 8.62. The van der Waals surface area contributed by atoms with Gasteiger partial charge < -0.3 is 9.80 Å². The predicted molar refractivity (Wildman–Crippen MR) is 136 cm³/mol. The Balaban J connectivity index is 1.95. The molecule has 2 nitrogen and oxygen atoms in total. The number of rotatable bonds is 6. The van der Waals surface area contributed by atoms with E-state index in [1.54, 1.807) is 0 Å². The van der Waals surface area contributed by atoms with Gasteiger partial charge in [-0.3, -0.25) is 0 Å². The van der Waals surface area contributed by atoms with Crippen LogP contribution in [0.2, 0.25) is 0 Å². The molecule has 180 valence electrons. The van der Waals surface area contributed by atoms with Crippen LogP contribution in [0.4, 0.5) is 0 Å². The second kappa shape index (κ2) is 10.5. The van der Waals surface area contributed by atoms with Gasteiger partial charge in [-0.15, -0.1) is 0 Å². The molecule has 4 heteroatoms. The maximum atomic E-state index is 7.10. The van der Waals surface area contributed by atoms with Crippen LogP contribution in [0.3, 0.4) is 0 Å². The Morgan fingerprint density at radius 2 is 0.806 bits per heavy atom. The summed E-state index contributed by atoms with van der Waals surface area (Å²) in [6.45, 7) is 20.1. The molecule has 3 rings (SSSR count). The zero-order valence-corrected chi connectivity index (χ0v) is 22.9. The molecule has 2 aliphatic carbocycles. The highest BCUT2D eigenvalue weighted by atomic mass is 35.5. The summed E-state index contributed by atoms with van der Waals surface area (Å²) in [5.74, 6) is 5.44. The maximum Gasteiger partial charge on any atom is 0.142 e. The van der Waals surface area contributed by atoms with E-state index < -0.39 is 0 Å². The molecule has 0 aromatic carbocycles. The fourth-order valence-electron chi connectivity index (χ4n) is 7.31. The van der Waals surface area contributed by atoms with Crippen LogP contribution in [0.25, 0.3) is 0 Å². The molecule has 3 aliphatic rings. The Hall–Kier alpha value is -0.0800. The summed E-state index contributed by atoms with van der Waals surface area (Å²) in [7, 11) is 0.